The number of piperidine rings is 1. The lowest BCUT2D eigenvalue weighted by atomic mass is 9.89. The van der Waals surface area contributed by atoms with E-state index in [1.807, 2.05) is 6.92 Å². The van der Waals surface area contributed by atoms with Crippen molar-refractivity contribution < 1.29 is 9.90 Å². The van der Waals surface area contributed by atoms with Crippen molar-refractivity contribution in [3.8, 4) is 0 Å². The van der Waals surface area contributed by atoms with E-state index in [0.29, 0.717) is 6.54 Å². The number of amides is 1. The van der Waals surface area contributed by atoms with Gasteiger partial charge in [-0.15, -0.1) is 12.4 Å². The second-order valence-electron chi connectivity index (χ2n) is 5.57. The molecule has 2 atom stereocenters. The first-order valence-electron chi connectivity index (χ1n) is 7.25. The van der Waals surface area contributed by atoms with E-state index in [0.717, 1.165) is 38.6 Å². The molecular weight excluding hydrogens is 264 g/mol. The van der Waals surface area contributed by atoms with Gasteiger partial charge in [0, 0.05) is 6.54 Å². The molecule has 19 heavy (non-hydrogen) atoms. The van der Waals surface area contributed by atoms with Crippen LogP contribution in [0.4, 0.5) is 0 Å². The zero-order valence-electron chi connectivity index (χ0n) is 12.4. The Morgan fingerprint density at radius 3 is 2.47 bits per heavy atom. The number of halogens is 1. The summed E-state index contributed by atoms with van der Waals surface area (Å²) in [5, 5.41) is 16.2. The van der Waals surface area contributed by atoms with Crippen molar-refractivity contribution in [3.63, 3.8) is 0 Å². The fourth-order valence-electron chi connectivity index (χ4n) is 2.64. The van der Waals surface area contributed by atoms with Crippen molar-refractivity contribution in [2.24, 2.45) is 5.92 Å². The molecule has 114 valence electrons. The Bertz CT molecular complexity index is 264. The van der Waals surface area contributed by atoms with Gasteiger partial charge in [-0.05, 0) is 38.6 Å². The fraction of sp³-hybridized carbons (Fsp3) is 0.929. The highest BCUT2D eigenvalue weighted by molar-refractivity contribution is 5.86. The van der Waals surface area contributed by atoms with E-state index < -0.39 is 11.6 Å². The molecule has 1 aliphatic rings. The van der Waals surface area contributed by atoms with E-state index in [1.54, 1.807) is 0 Å². The predicted octanol–water partition coefficient (Wildman–Crippen LogP) is 1.85. The third-order valence-electron chi connectivity index (χ3n) is 4.18. The molecule has 0 radical (unpaired) electrons. The van der Waals surface area contributed by atoms with Crippen molar-refractivity contribution in [1.29, 1.82) is 0 Å². The summed E-state index contributed by atoms with van der Waals surface area (Å²) in [6.45, 7) is 7.36. The minimum atomic E-state index is -0.452. The molecule has 0 aliphatic carbocycles. The molecular formula is C14H29ClN2O2. The molecule has 0 saturated carbocycles. The monoisotopic (exact) mass is 292 g/mol. The first kappa shape index (κ1) is 18.7. The van der Waals surface area contributed by atoms with Crippen molar-refractivity contribution in [3.05, 3.63) is 0 Å². The number of carbonyl (C=O) groups excluding carboxylic acids is 1. The molecule has 0 bridgehead atoms. The number of aliphatic hydroxyl groups excluding tert-OH is 1. The second-order valence-corrected chi connectivity index (χ2v) is 5.57. The molecule has 1 fully saturated rings. The highest BCUT2D eigenvalue weighted by Gasteiger charge is 2.34. The molecule has 1 heterocycles. The molecule has 5 heteroatoms. The first-order chi connectivity index (χ1) is 8.53. The van der Waals surface area contributed by atoms with E-state index in [4.69, 9.17) is 0 Å². The maximum Gasteiger partial charge on any atom is 0.240 e. The molecule has 2 unspecified atom stereocenters. The van der Waals surface area contributed by atoms with Crippen molar-refractivity contribution in [2.75, 3.05) is 13.1 Å². The molecule has 1 amide bonds. The largest absolute Gasteiger partial charge is 0.391 e. The summed E-state index contributed by atoms with van der Waals surface area (Å²) >= 11 is 0. The van der Waals surface area contributed by atoms with Crippen LogP contribution in [0.2, 0.25) is 0 Å². The Hall–Kier alpha value is -0.320. The van der Waals surface area contributed by atoms with Gasteiger partial charge in [-0.3, -0.25) is 4.79 Å². The van der Waals surface area contributed by atoms with E-state index in [2.05, 4.69) is 24.5 Å². The third kappa shape index (κ3) is 5.28. The van der Waals surface area contributed by atoms with Crippen molar-refractivity contribution >= 4 is 18.3 Å². The van der Waals surface area contributed by atoms with E-state index >= 15 is 0 Å². The number of rotatable bonds is 6. The van der Waals surface area contributed by atoms with E-state index in [-0.39, 0.29) is 24.2 Å². The van der Waals surface area contributed by atoms with Gasteiger partial charge < -0.3 is 15.7 Å². The maximum absolute atomic E-state index is 12.1. The molecule has 0 aromatic rings. The van der Waals surface area contributed by atoms with Gasteiger partial charge in [0.2, 0.25) is 5.91 Å². The third-order valence-corrected chi connectivity index (χ3v) is 4.18. The fourth-order valence-corrected chi connectivity index (χ4v) is 2.64. The molecule has 1 rings (SSSR count). The Morgan fingerprint density at radius 1 is 1.37 bits per heavy atom. The van der Waals surface area contributed by atoms with Gasteiger partial charge in [0.05, 0.1) is 11.6 Å². The summed E-state index contributed by atoms with van der Waals surface area (Å²) in [6.07, 6.45) is 4.56. The highest BCUT2D eigenvalue weighted by Crippen LogP contribution is 2.19. The lowest BCUT2D eigenvalue weighted by Crippen LogP contribution is -2.58. The predicted molar refractivity (Wildman–Crippen MR) is 80.6 cm³/mol. The van der Waals surface area contributed by atoms with Crippen molar-refractivity contribution in [1.82, 2.24) is 10.6 Å². The van der Waals surface area contributed by atoms with Crippen LogP contribution in [-0.2, 0) is 4.79 Å². The van der Waals surface area contributed by atoms with Gasteiger partial charge >= 0.3 is 0 Å². The van der Waals surface area contributed by atoms with Crippen LogP contribution in [-0.4, -0.2) is 35.7 Å². The first-order valence-corrected chi connectivity index (χ1v) is 7.25. The lowest BCUT2D eigenvalue weighted by Gasteiger charge is -2.34. The summed E-state index contributed by atoms with van der Waals surface area (Å²) in [5.41, 5.74) is -0.452. The average molecular weight is 293 g/mol. The summed E-state index contributed by atoms with van der Waals surface area (Å²) in [4.78, 5) is 12.1. The van der Waals surface area contributed by atoms with E-state index in [1.165, 1.54) is 0 Å². The van der Waals surface area contributed by atoms with E-state index in [9.17, 15) is 9.90 Å². The second kappa shape index (κ2) is 8.77. The minimum absolute atomic E-state index is 0. The van der Waals surface area contributed by atoms with Gasteiger partial charge in [-0.2, -0.15) is 0 Å². The number of hydrogen-bond acceptors (Lipinski definition) is 3. The summed E-state index contributed by atoms with van der Waals surface area (Å²) in [6, 6.07) is 0. The van der Waals surface area contributed by atoms with Crippen LogP contribution < -0.4 is 10.6 Å². The van der Waals surface area contributed by atoms with Crippen LogP contribution in [0.3, 0.4) is 0 Å². The molecule has 0 spiro atoms. The summed E-state index contributed by atoms with van der Waals surface area (Å²) in [7, 11) is 0. The Kier molecular flexibility index (Phi) is 8.62. The number of nitrogens with one attached hydrogen (secondary N) is 2. The summed E-state index contributed by atoms with van der Waals surface area (Å²) < 4.78 is 0. The van der Waals surface area contributed by atoms with Gasteiger partial charge in [0.1, 0.15) is 0 Å². The number of aliphatic hydroxyl groups is 1. The lowest BCUT2D eigenvalue weighted by molar-refractivity contribution is -0.128. The molecule has 0 aromatic heterocycles. The van der Waals surface area contributed by atoms with Gasteiger partial charge in [0.25, 0.3) is 0 Å². The SMILES string of the molecule is CCC(CC)C(O)CNC(=O)C1(C)CCCCN1.Cl. The number of carbonyl (C=O) groups is 1. The minimum Gasteiger partial charge on any atom is -0.391 e. The number of hydrogen-bond donors (Lipinski definition) is 3. The van der Waals surface area contributed by atoms with Crippen LogP contribution in [0.1, 0.15) is 52.9 Å². The van der Waals surface area contributed by atoms with Crippen LogP contribution in [0, 0.1) is 5.92 Å². The maximum atomic E-state index is 12.1. The van der Waals surface area contributed by atoms with Crippen LogP contribution >= 0.6 is 12.4 Å². The Labute approximate surface area is 123 Å². The molecule has 0 aromatic carbocycles. The van der Waals surface area contributed by atoms with Gasteiger partial charge in [-0.1, -0.05) is 26.7 Å². The van der Waals surface area contributed by atoms with Crippen LogP contribution in [0.5, 0.6) is 0 Å². The van der Waals surface area contributed by atoms with Crippen LogP contribution in [0.25, 0.3) is 0 Å². The normalized spacial score (nSPS) is 24.7. The highest BCUT2D eigenvalue weighted by atomic mass is 35.5. The van der Waals surface area contributed by atoms with Gasteiger partial charge in [-0.25, -0.2) is 0 Å². The quantitative estimate of drug-likeness (QED) is 0.700. The average Bonchev–Trinajstić information content (AvgIpc) is 2.38. The zero-order valence-corrected chi connectivity index (χ0v) is 13.2. The standard InChI is InChI=1S/C14H28N2O2.ClH/c1-4-11(5-2)12(17)10-15-13(18)14(3)8-6-7-9-16-14;/h11-12,16-17H,4-10H2,1-3H3,(H,15,18);1H. The topological polar surface area (TPSA) is 61.4 Å². The van der Waals surface area contributed by atoms with Gasteiger partial charge in [0.15, 0.2) is 0 Å². The van der Waals surface area contributed by atoms with Crippen molar-refractivity contribution in [2.45, 2.75) is 64.5 Å². The molecule has 3 N–H and O–H groups in total. The Balaban J connectivity index is 0.00000324. The molecule has 1 saturated heterocycles. The Morgan fingerprint density at radius 2 is 2.00 bits per heavy atom. The van der Waals surface area contributed by atoms with Crippen LogP contribution in [0.15, 0.2) is 0 Å². The summed E-state index contributed by atoms with van der Waals surface area (Å²) in [5.74, 6) is 0.296. The zero-order chi connectivity index (χ0) is 13.6. The smallest absolute Gasteiger partial charge is 0.240 e. The molecule has 4 nitrogen and oxygen atoms in total. The molecule has 1 aliphatic heterocycles.